The molecule has 1 aliphatic rings. The van der Waals surface area contributed by atoms with E-state index in [0.717, 1.165) is 11.1 Å². The normalized spacial score (nSPS) is 17.1. The molecule has 0 saturated carbocycles. The Morgan fingerprint density at radius 2 is 1.95 bits per heavy atom. The lowest BCUT2D eigenvalue weighted by atomic mass is 10.1. The van der Waals surface area contributed by atoms with Crippen LogP contribution in [-0.4, -0.2) is 21.1 Å². The van der Waals surface area contributed by atoms with Crippen LogP contribution in [0.4, 0.5) is 0 Å². The SMILES string of the molecule is Cc1ccc(S(=O)(=O)OCC2Cc3cccc(Cl)c3O2)cc1. The van der Waals surface area contributed by atoms with E-state index in [1.54, 1.807) is 18.2 Å². The molecule has 22 heavy (non-hydrogen) atoms. The second-order valence-electron chi connectivity index (χ2n) is 5.22. The van der Waals surface area contributed by atoms with E-state index in [1.165, 1.54) is 12.1 Å². The number of hydrogen-bond donors (Lipinski definition) is 0. The fourth-order valence-corrected chi connectivity index (χ4v) is 3.51. The number of aryl methyl sites for hydroxylation is 1. The summed E-state index contributed by atoms with van der Waals surface area (Å²) < 4.78 is 35.1. The lowest BCUT2D eigenvalue weighted by Crippen LogP contribution is -2.23. The molecule has 116 valence electrons. The summed E-state index contributed by atoms with van der Waals surface area (Å²) in [6, 6.07) is 12.0. The molecule has 1 aliphatic heterocycles. The van der Waals surface area contributed by atoms with E-state index >= 15 is 0 Å². The zero-order valence-electron chi connectivity index (χ0n) is 12.0. The first-order valence-corrected chi connectivity index (χ1v) is 8.64. The van der Waals surface area contributed by atoms with Crippen LogP contribution in [0.5, 0.6) is 5.75 Å². The molecule has 0 saturated heterocycles. The molecule has 1 unspecified atom stereocenters. The molecule has 0 aliphatic carbocycles. The molecule has 0 aromatic heterocycles. The van der Waals surface area contributed by atoms with Gasteiger partial charge in [-0.05, 0) is 30.7 Å². The highest BCUT2D eigenvalue weighted by Crippen LogP contribution is 2.35. The Hall–Kier alpha value is -1.56. The van der Waals surface area contributed by atoms with Gasteiger partial charge in [-0.25, -0.2) is 0 Å². The molecule has 2 aromatic rings. The van der Waals surface area contributed by atoms with Crippen molar-refractivity contribution in [2.75, 3.05) is 6.61 Å². The maximum Gasteiger partial charge on any atom is 0.297 e. The first-order chi connectivity index (χ1) is 10.5. The summed E-state index contributed by atoms with van der Waals surface area (Å²) in [4.78, 5) is 0.145. The van der Waals surface area contributed by atoms with E-state index in [2.05, 4.69) is 0 Å². The zero-order chi connectivity index (χ0) is 15.7. The number of ether oxygens (including phenoxy) is 1. The maximum atomic E-state index is 12.1. The quantitative estimate of drug-likeness (QED) is 0.802. The van der Waals surface area contributed by atoms with E-state index in [0.29, 0.717) is 17.2 Å². The molecular formula is C16H15ClO4S. The van der Waals surface area contributed by atoms with Crippen molar-refractivity contribution >= 4 is 21.7 Å². The van der Waals surface area contributed by atoms with Gasteiger partial charge in [-0.3, -0.25) is 4.18 Å². The highest BCUT2D eigenvalue weighted by molar-refractivity contribution is 7.86. The molecule has 0 spiro atoms. The molecule has 0 bridgehead atoms. The van der Waals surface area contributed by atoms with Crippen LogP contribution < -0.4 is 4.74 Å². The molecule has 0 amide bonds. The lowest BCUT2D eigenvalue weighted by molar-refractivity contribution is 0.152. The van der Waals surface area contributed by atoms with E-state index in [-0.39, 0.29) is 17.6 Å². The Kier molecular flexibility index (Phi) is 4.12. The van der Waals surface area contributed by atoms with Crippen LogP contribution in [0.25, 0.3) is 0 Å². The number of fused-ring (bicyclic) bond motifs is 1. The summed E-state index contributed by atoms with van der Waals surface area (Å²) in [5, 5.41) is 0.529. The Bertz CT molecular complexity index is 784. The molecule has 1 atom stereocenters. The summed E-state index contributed by atoms with van der Waals surface area (Å²) in [5.74, 6) is 0.616. The second-order valence-corrected chi connectivity index (χ2v) is 7.25. The second kappa shape index (κ2) is 5.91. The molecule has 1 heterocycles. The van der Waals surface area contributed by atoms with Gasteiger partial charge in [0.15, 0.2) is 0 Å². The summed E-state index contributed by atoms with van der Waals surface area (Å²) >= 11 is 6.05. The largest absolute Gasteiger partial charge is 0.486 e. The summed E-state index contributed by atoms with van der Waals surface area (Å²) in [6.07, 6.45) is 0.231. The minimum absolute atomic E-state index is 0.0405. The number of benzene rings is 2. The summed E-state index contributed by atoms with van der Waals surface area (Å²) in [7, 11) is -3.77. The Morgan fingerprint density at radius 3 is 2.64 bits per heavy atom. The van der Waals surface area contributed by atoms with Crippen LogP contribution >= 0.6 is 11.6 Å². The Labute approximate surface area is 134 Å². The monoisotopic (exact) mass is 338 g/mol. The number of halogens is 1. The van der Waals surface area contributed by atoms with Gasteiger partial charge in [0.25, 0.3) is 10.1 Å². The highest BCUT2D eigenvalue weighted by atomic mass is 35.5. The van der Waals surface area contributed by atoms with Crippen LogP contribution in [-0.2, 0) is 20.7 Å². The van der Waals surface area contributed by atoms with Crippen molar-refractivity contribution in [3.8, 4) is 5.75 Å². The van der Waals surface area contributed by atoms with Gasteiger partial charge in [0, 0.05) is 6.42 Å². The van der Waals surface area contributed by atoms with Crippen molar-refractivity contribution in [1.29, 1.82) is 0 Å². The third-order valence-corrected chi connectivity index (χ3v) is 5.09. The first kappa shape index (κ1) is 15.3. The van der Waals surface area contributed by atoms with Crippen LogP contribution in [0.2, 0.25) is 5.02 Å². The third kappa shape index (κ3) is 3.11. The van der Waals surface area contributed by atoms with Gasteiger partial charge in [-0.2, -0.15) is 8.42 Å². The lowest BCUT2D eigenvalue weighted by Gasteiger charge is -2.12. The van der Waals surface area contributed by atoms with E-state index in [9.17, 15) is 8.42 Å². The molecule has 4 nitrogen and oxygen atoms in total. The summed E-state index contributed by atoms with van der Waals surface area (Å²) in [6.45, 7) is 1.85. The van der Waals surface area contributed by atoms with Gasteiger partial charge in [-0.1, -0.05) is 41.4 Å². The first-order valence-electron chi connectivity index (χ1n) is 6.86. The fourth-order valence-electron chi connectivity index (χ4n) is 2.33. The molecule has 0 N–H and O–H groups in total. The van der Waals surface area contributed by atoms with Crippen molar-refractivity contribution in [3.63, 3.8) is 0 Å². The van der Waals surface area contributed by atoms with Gasteiger partial charge in [0.2, 0.25) is 0 Å². The Morgan fingerprint density at radius 1 is 1.23 bits per heavy atom. The van der Waals surface area contributed by atoms with Crippen molar-refractivity contribution in [1.82, 2.24) is 0 Å². The summed E-state index contributed by atoms with van der Waals surface area (Å²) in [5.41, 5.74) is 1.96. The zero-order valence-corrected chi connectivity index (χ0v) is 13.5. The minimum atomic E-state index is -3.77. The number of para-hydroxylation sites is 1. The highest BCUT2D eigenvalue weighted by Gasteiger charge is 2.27. The molecular weight excluding hydrogens is 324 g/mol. The average molecular weight is 339 g/mol. The standard InChI is InChI=1S/C16H15ClO4S/c1-11-5-7-14(8-6-11)22(18,19)20-10-13-9-12-3-2-4-15(17)16(12)21-13/h2-8,13H,9-10H2,1H3. The van der Waals surface area contributed by atoms with Crippen molar-refractivity contribution in [2.24, 2.45) is 0 Å². The van der Waals surface area contributed by atoms with Gasteiger partial charge in [0.05, 0.1) is 9.92 Å². The van der Waals surface area contributed by atoms with Crippen LogP contribution in [0.3, 0.4) is 0 Å². The van der Waals surface area contributed by atoms with E-state index < -0.39 is 10.1 Å². The van der Waals surface area contributed by atoms with Crippen molar-refractivity contribution in [2.45, 2.75) is 24.3 Å². The molecule has 0 fully saturated rings. The molecule has 2 aromatic carbocycles. The van der Waals surface area contributed by atoms with Gasteiger partial charge >= 0.3 is 0 Å². The maximum absolute atomic E-state index is 12.1. The van der Waals surface area contributed by atoms with E-state index in [1.807, 2.05) is 19.1 Å². The molecule has 3 rings (SSSR count). The Balaban J connectivity index is 1.67. The van der Waals surface area contributed by atoms with Crippen molar-refractivity contribution < 1.29 is 17.3 Å². The fraction of sp³-hybridized carbons (Fsp3) is 0.250. The van der Waals surface area contributed by atoms with Gasteiger partial charge in [0.1, 0.15) is 18.5 Å². The number of rotatable bonds is 4. The topological polar surface area (TPSA) is 52.6 Å². The van der Waals surface area contributed by atoms with E-state index in [4.69, 9.17) is 20.5 Å². The predicted octanol–water partition coefficient (Wildman–Crippen LogP) is 3.36. The minimum Gasteiger partial charge on any atom is -0.486 e. The smallest absolute Gasteiger partial charge is 0.297 e. The van der Waals surface area contributed by atoms with Crippen LogP contribution in [0, 0.1) is 6.92 Å². The molecule has 6 heteroatoms. The van der Waals surface area contributed by atoms with Crippen molar-refractivity contribution in [3.05, 3.63) is 58.6 Å². The molecule has 0 radical (unpaired) electrons. The third-order valence-electron chi connectivity index (χ3n) is 3.50. The number of hydrogen-bond acceptors (Lipinski definition) is 4. The van der Waals surface area contributed by atoms with Gasteiger partial charge in [-0.15, -0.1) is 0 Å². The predicted molar refractivity (Wildman–Crippen MR) is 83.9 cm³/mol. The average Bonchev–Trinajstić information content (AvgIpc) is 2.90. The van der Waals surface area contributed by atoms with Crippen LogP contribution in [0.1, 0.15) is 11.1 Å². The van der Waals surface area contributed by atoms with Crippen LogP contribution in [0.15, 0.2) is 47.4 Å². The van der Waals surface area contributed by atoms with Gasteiger partial charge < -0.3 is 4.74 Å².